The van der Waals surface area contributed by atoms with Gasteiger partial charge < -0.3 is 20.1 Å². The second-order valence-corrected chi connectivity index (χ2v) is 5.97. The van der Waals surface area contributed by atoms with Crippen LogP contribution < -0.4 is 5.32 Å². The number of nitrogens with zero attached hydrogens (tertiary/aromatic N) is 1. The standard InChI is InChI=1S/C19H20N2O4/c1-21-16(11-25-12-17(21)22)18(23)13-7-9-15(10-8-13)20-19(24)14-5-3-2-4-6-14/h2-10,16,18,23H,11-12H2,1H3,(H,20,24)/t16-,18-/m1/s1. The molecule has 0 bridgehead atoms. The first-order valence-electron chi connectivity index (χ1n) is 8.04. The minimum atomic E-state index is -0.854. The number of ether oxygens (including phenoxy) is 1. The lowest BCUT2D eigenvalue weighted by Gasteiger charge is -2.35. The van der Waals surface area contributed by atoms with Crippen molar-refractivity contribution in [2.45, 2.75) is 12.1 Å². The fourth-order valence-electron chi connectivity index (χ4n) is 2.75. The number of aliphatic hydroxyl groups is 1. The Hall–Kier alpha value is -2.70. The molecule has 1 fully saturated rings. The van der Waals surface area contributed by atoms with Crippen LogP contribution in [0.15, 0.2) is 54.6 Å². The molecule has 2 atom stereocenters. The highest BCUT2D eigenvalue weighted by molar-refractivity contribution is 6.04. The molecule has 0 aliphatic carbocycles. The van der Waals surface area contributed by atoms with Crippen LogP contribution in [0.3, 0.4) is 0 Å². The number of carbonyl (C=O) groups is 2. The summed E-state index contributed by atoms with van der Waals surface area (Å²) in [5, 5.41) is 13.3. The smallest absolute Gasteiger partial charge is 0.255 e. The van der Waals surface area contributed by atoms with E-state index in [9.17, 15) is 14.7 Å². The summed E-state index contributed by atoms with van der Waals surface area (Å²) in [7, 11) is 1.66. The van der Waals surface area contributed by atoms with Gasteiger partial charge in [0.05, 0.1) is 12.6 Å². The fourth-order valence-corrected chi connectivity index (χ4v) is 2.75. The fraction of sp³-hybridized carbons (Fsp3) is 0.263. The average Bonchev–Trinajstić information content (AvgIpc) is 2.65. The summed E-state index contributed by atoms with van der Waals surface area (Å²) in [5.74, 6) is -0.345. The number of morpholine rings is 1. The Kier molecular flexibility index (Phi) is 5.11. The van der Waals surface area contributed by atoms with E-state index in [1.807, 2.05) is 6.07 Å². The molecule has 6 heteroatoms. The number of amides is 2. The number of nitrogens with one attached hydrogen (secondary N) is 1. The maximum Gasteiger partial charge on any atom is 0.255 e. The summed E-state index contributed by atoms with van der Waals surface area (Å²) < 4.78 is 5.22. The van der Waals surface area contributed by atoms with Crippen molar-refractivity contribution in [2.75, 3.05) is 25.6 Å². The van der Waals surface area contributed by atoms with Gasteiger partial charge in [-0.3, -0.25) is 9.59 Å². The van der Waals surface area contributed by atoms with Gasteiger partial charge in [-0.1, -0.05) is 30.3 Å². The van der Waals surface area contributed by atoms with E-state index in [4.69, 9.17) is 4.74 Å². The van der Waals surface area contributed by atoms with Crippen LogP contribution in [-0.2, 0) is 9.53 Å². The predicted octanol–water partition coefficient (Wildman–Crippen LogP) is 1.83. The van der Waals surface area contributed by atoms with E-state index in [-0.39, 0.29) is 25.0 Å². The molecule has 0 radical (unpaired) electrons. The highest BCUT2D eigenvalue weighted by Crippen LogP contribution is 2.24. The van der Waals surface area contributed by atoms with Crippen molar-refractivity contribution in [1.29, 1.82) is 0 Å². The van der Waals surface area contributed by atoms with Gasteiger partial charge in [-0.25, -0.2) is 0 Å². The van der Waals surface area contributed by atoms with Gasteiger partial charge in [0.2, 0.25) is 5.91 Å². The third kappa shape index (κ3) is 3.87. The minimum Gasteiger partial charge on any atom is -0.386 e. The largest absolute Gasteiger partial charge is 0.386 e. The van der Waals surface area contributed by atoms with Gasteiger partial charge in [0.15, 0.2) is 0 Å². The molecule has 1 heterocycles. The normalized spacial score (nSPS) is 18.7. The summed E-state index contributed by atoms with van der Waals surface area (Å²) >= 11 is 0. The summed E-state index contributed by atoms with van der Waals surface area (Å²) in [6.07, 6.45) is -0.854. The van der Waals surface area contributed by atoms with Gasteiger partial charge in [-0.05, 0) is 29.8 Å². The molecule has 130 valence electrons. The van der Waals surface area contributed by atoms with Crippen LogP contribution in [0.5, 0.6) is 0 Å². The van der Waals surface area contributed by atoms with E-state index in [2.05, 4.69) is 5.32 Å². The highest BCUT2D eigenvalue weighted by atomic mass is 16.5. The summed E-state index contributed by atoms with van der Waals surface area (Å²) in [6.45, 7) is 0.333. The average molecular weight is 340 g/mol. The maximum atomic E-state index is 12.1. The first kappa shape index (κ1) is 17.1. The van der Waals surface area contributed by atoms with Crippen molar-refractivity contribution in [3.05, 3.63) is 65.7 Å². The number of anilines is 1. The van der Waals surface area contributed by atoms with Crippen LogP contribution in [0.25, 0.3) is 0 Å². The third-order valence-electron chi connectivity index (χ3n) is 4.32. The summed E-state index contributed by atoms with van der Waals surface area (Å²) in [4.78, 5) is 25.3. The predicted molar refractivity (Wildman–Crippen MR) is 93.2 cm³/mol. The lowest BCUT2D eigenvalue weighted by molar-refractivity contribution is -0.151. The van der Waals surface area contributed by atoms with Gasteiger partial charge >= 0.3 is 0 Å². The van der Waals surface area contributed by atoms with Crippen molar-refractivity contribution >= 4 is 17.5 Å². The van der Waals surface area contributed by atoms with E-state index < -0.39 is 12.1 Å². The number of carbonyl (C=O) groups excluding carboxylic acids is 2. The van der Waals surface area contributed by atoms with Crippen molar-refractivity contribution in [3.63, 3.8) is 0 Å². The van der Waals surface area contributed by atoms with Crippen molar-refractivity contribution in [1.82, 2.24) is 4.90 Å². The number of rotatable bonds is 4. The zero-order valence-electron chi connectivity index (χ0n) is 13.9. The van der Waals surface area contributed by atoms with Gasteiger partial charge in [-0.15, -0.1) is 0 Å². The van der Waals surface area contributed by atoms with E-state index in [1.54, 1.807) is 55.6 Å². The molecule has 0 unspecified atom stereocenters. The number of likely N-dealkylation sites (N-methyl/N-ethyl adjacent to an activating group) is 1. The molecule has 2 aromatic carbocycles. The van der Waals surface area contributed by atoms with E-state index in [1.165, 1.54) is 4.90 Å². The molecule has 0 spiro atoms. The minimum absolute atomic E-state index is 0.0458. The number of aliphatic hydroxyl groups excluding tert-OH is 1. The molecular weight excluding hydrogens is 320 g/mol. The second-order valence-electron chi connectivity index (χ2n) is 5.97. The molecule has 6 nitrogen and oxygen atoms in total. The maximum absolute atomic E-state index is 12.1. The Morgan fingerprint density at radius 2 is 1.88 bits per heavy atom. The molecular formula is C19H20N2O4. The number of hydrogen-bond acceptors (Lipinski definition) is 4. The molecule has 2 amide bonds. The molecule has 3 rings (SSSR count). The van der Waals surface area contributed by atoms with Crippen molar-refractivity contribution in [3.8, 4) is 0 Å². The lowest BCUT2D eigenvalue weighted by Crippen LogP contribution is -2.49. The van der Waals surface area contributed by atoms with Crippen molar-refractivity contribution < 1.29 is 19.4 Å². The lowest BCUT2D eigenvalue weighted by atomic mass is 10.0. The third-order valence-corrected chi connectivity index (χ3v) is 4.32. The Labute approximate surface area is 146 Å². The zero-order valence-corrected chi connectivity index (χ0v) is 13.9. The molecule has 25 heavy (non-hydrogen) atoms. The Morgan fingerprint density at radius 3 is 2.56 bits per heavy atom. The van der Waals surface area contributed by atoms with Gasteiger partial charge in [-0.2, -0.15) is 0 Å². The number of benzene rings is 2. The Bertz CT molecular complexity index is 746. The Balaban J connectivity index is 1.67. The first-order chi connectivity index (χ1) is 12.1. The van der Waals surface area contributed by atoms with Crippen LogP contribution in [0.2, 0.25) is 0 Å². The van der Waals surface area contributed by atoms with E-state index in [0.29, 0.717) is 16.8 Å². The molecule has 2 aromatic rings. The molecule has 2 N–H and O–H groups in total. The van der Waals surface area contributed by atoms with Crippen molar-refractivity contribution in [2.24, 2.45) is 0 Å². The van der Waals surface area contributed by atoms with Gasteiger partial charge in [0.1, 0.15) is 12.7 Å². The van der Waals surface area contributed by atoms with Crippen LogP contribution >= 0.6 is 0 Å². The summed E-state index contributed by atoms with van der Waals surface area (Å²) in [6, 6.07) is 15.4. The van der Waals surface area contributed by atoms with Gasteiger partial charge in [0, 0.05) is 18.3 Å². The molecule has 1 saturated heterocycles. The Morgan fingerprint density at radius 1 is 1.20 bits per heavy atom. The van der Waals surface area contributed by atoms with Gasteiger partial charge in [0.25, 0.3) is 5.91 Å². The highest BCUT2D eigenvalue weighted by Gasteiger charge is 2.32. The first-order valence-corrected chi connectivity index (χ1v) is 8.04. The molecule has 1 aliphatic heterocycles. The van der Waals surface area contributed by atoms with Crippen LogP contribution in [0, 0.1) is 0 Å². The topological polar surface area (TPSA) is 78.9 Å². The molecule has 1 aliphatic rings. The SMILES string of the molecule is CN1C(=O)COC[C@@H]1[C@H](O)c1ccc(NC(=O)c2ccccc2)cc1. The van der Waals surface area contributed by atoms with Crippen LogP contribution in [0.4, 0.5) is 5.69 Å². The van der Waals surface area contributed by atoms with Crippen LogP contribution in [0.1, 0.15) is 22.0 Å². The zero-order chi connectivity index (χ0) is 17.8. The van der Waals surface area contributed by atoms with Crippen LogP contribution in [-0.4, -0.2) is 48.1 Å². The number of hydrogen-bond donors (Lipinski definition) is 2. The van der Waals surface area contributed by atoms with E-state index >= 15 is 0 Å². The monoisotopic (exact) mass is 340 g/mol. The summed E-state index contributed by atoms with van der Waals surface area (Å²) in [5.41, 5.74) is 1.87. The molecule has 0 saturated carbocycles. The quantitative estimate of drug-likeness (QED) is 0.890. The second kappa shape index (κ2) is 7.46. The molecule has 0 aromatic heterocycles. The van der Waals surface area contributed by atoms with E-state index in [0.717, 1.165) is 0 Å².